The molecule has 2 rings (SSSR count). The van der Waals surface area contributed by atoms with E-state index in [9.17, 15) is 0 Å². The second kappa shape index (κ2) is 6.38. The van der Waals surface area contributed by atoms with Gasteiger partial charge in [-0.2, -0.15) is 0 Å². The molecule has 0 amide bonds. The van der Waals surface area contributed by atoms with Crippen LogP contribution in [0, 0.1) is 0 Å². The van der Waals surface area contributed by atoms with Crippen LogP contribution in [0.15, 0.2) is 51.9 Å². The second-order valence-electron chi connectivity index (χ2n) is 3.82. The van der Waals surface area contributed by atoms with Crippen LogP contribution in [0.5, 0.6) is 11.5 Å². The molecule has 2 aromatic carbocycles. The molecule has 0 saturated heterocycles. The summed E-state index contributed by atoms with van der Waals surface area (Å²) in [5.41, 5.74) is 1.79. The molecule has 0 heterocycles. The first-order chi connectivity index (χ1) is 9.24. The van der Waals surface area contributed by atoms with Gasteiger partial charge in [-0.3, -0.25) is 4.99 Å². The zero-order valence-electron chi connectivity index (χ0n) is 10.8. The van der Waals surface area contributed by atoms with Gasteiger partial charge >= 0.3 is 0 Å². The van der Waals surface area contributed by atoms with Gasteiger partial charge in [0.1, 0.15) is 11.5 Å². The maximum absolute atomic E-state index is 5.34. The highest BCUT2D eigenvalue weighted by Crippen LogP contribution is 2.32. The van der Waals surface area contributed by atoms with Crippen molar-refractivity contribution in [3.05, 3.63) is 52.5 Å². The van der Waals surface area contributed by atoms with Crippen molar-refractivity contribution in [3.63, 3.8) is 0 Å². The lowest BCUT2D eigenvalue weighted by molar-refractivity contribution is 0.392. The van der Waals surface area contributed by atoms with Crippen LogP contribution < -0.4 is 9.47 Å². The zero-order chi connectivity index (χ0) is 13.7. The summed E-state index contributed by atoms with van der Waals surface area (Å²) in [6, 6.07) is 13.5. The Morgan fingerprint density at radius 1 is 1.00 bits per heavy atom. The molecule has 0 aliphatic carbocycles. The Morgan fingerprint density at radius 3 is 2.32 bits per heavy atom. The predicted octanol–water partition coefficient (Wildman–Crippen LogP) is 4.22. The molecule has 4 heteroatoms. The molecular weight excluding hydrogens is 306 g/mol. The van der Waals surface area contributed by atoms with Crippen LogP contribution in [-0.4, -0.2) is 20.4 Å². The highest BCUT2D eigenvalue weighted by Gasteiger charge is 2.07. The predicted molar refractivity (Wildman–Crippen MR) is 80.9 cm³/mol. The van der Waals surface area contributed by atoms with Crippen LogP contribution in [0.4, 0.5) is 5.69 Å². The van der Waals surface area contributed by atoms with Crippen LogP contribution >= 0.6 is 15.9 Å². The summed E-state index contributed by atoms with van der Waals surface area (Å²) in [6.45, 7) is 0. The standard InChI is InChI=1S/C15H14BrNO2/c1-18-14-9-15(19-2)13(16)8-11(14)10-17-12-6-4-3-5-7-12/h3-10H,1-2H3. The number of rotatable bonds is 4. The molecule has 0 fully saturated rings. The molecule has 0 aliphatic heterocycles. The molecule has 19 heavy (non-hydrogen) atoms. The summed E-state index contributed by atoms with van der Waals surface area (Å²) in [5, 5.41) is 0. The molecule has 98 valence electrons. The van der Waals surface area contributed by atoms with E-state index in [-0.39, 0.29) is 0 Å². The monoisotopic (exact) mass is 319 g/mol. The van der Waals surface area contributed by atoms with Crippen LogP contribution in [0.3, 0.4) is 0 Å². The van der Waals surface area contributed by atoms with Crippen LogP contribution in [0.25, 0.3) is 0 Å². The largest absolute Gasteiger partial charge is 0.496 e. The van der Waals surface area contributed by atoms with Crippen molar-refractivity contribution in [3.8, 4) is 11.5 Å². The number of para-hydroxylation sites is 1. The number of hydrogen-bond donors (Lipinski definition) is 0. The van der Waals surface area contributed by atoms with E-state index in [0.29, 0.717) is 0 Å². The van der Waals surface area contributed by atoms with E-state index < -0.39 is 0 Å². The number of halogens is 1. The molecule has 0 N–H and O–H groups in total. The minimum Gasteiger partial charge on any atom is -0.496 e. The van der Waals surface area contributed by atoms with Gasteiger partial charge in [0.15, 0.2) is 0 Å². The molecule has 0 aromatic heterocycles. The molecule has 3 nitrogen and oxygen atoms in total. The fraction of sp³-hybridized carbons (Fsp3) is 0.133. The normalized spacial score (nSPS) is 10.7. The van der Waals surface area contributed by atoms with E-state index in [1.807, 2.05) is 42.5 Å². The zero-order valence-corrected chi connectivity index (χ0v) is 12.3. The van der Waals surface area contributed by atoms with Crippen molar-refractivity contribution < 1.29 is 9.47 Å². The quantitative estimate of drug-likeness (QED) is 0.790. The number of ether oxygens (including phenoxy) is 2. The molecule has 0 radical (unpaired) electrons. The first-order valence-corrected chi connectivity index (χ1v) is 6.54. The van der Waals surface area contributed by atoms with E-state index in [1.54, 1.807) is 20.4 Å². The number of hydrogen-bond acceptors (Lipinski definition) is 3. The van der Waals surface area contributed by atoms with E-state index in [1.165, 1.54) is 0 Å². The van der Waals surface area contributed by atoms with Crippen molar-refractivity contribution >= 4 is 27.8 Å². The number of aliphatic imine (C=N–C) groups is 1. The lowest BCUT2D eigenvalue weighted by Gasteiger charge is -2.09. The van der Waals surface area contributed by atoms with Crippen molar-refractivity contribution in [2.75, 3.05) is 14.2 Å². The highest BCUT2D eigenvalue weighted by molar-refractivity contribution is 9.10. The number of methoxy groups -OCH3 is 2. The lowest BCUT2D eigenvalue weighted by atomic mass is 10.2. The van der Waals surface area contributed by atoms with E-state index in [2.05, 4.69) is 20.9 Å². The van der Waals surface area contributed by atoms with E-state index in [4.69, 9.17) is 9.47 Å². The molecule has 0 atom stereocenters. The lowest BCUT2D eigenvalue weighted by Crippen LogP contribution is -1.93. The minimum absolute atomic E-state index is 0.722. The molecule has 0 unspecified atom stereocenters. The Balaban J connectivity index is 2.34. The SMILES string of the molecule is COc1cc(OC)c(C=Nc2ccccc2)cc1Br. The summed E-state index contributed by atoms with van der Waals surface area (Å²) in [4.78, 5) is 4.42. The third kappa shape index (κ3) is 3.35. The summed E-state index contributed by atoms with van der Waals surface area (Å²) in [6.07, 6.45) is 1.78. The molecule has 0 saturated carbocycles. The first-order valence-electron chi connectivity index (χ1n) is 5.75. The molecule has 0 bridgehead atoms. The second-order valence-corrected chi connectivity index (χ2v) is 4.68. The van der Waals surface area contributed by atoms with Crippen LogP contribution in [0.2, 0.25) is 0 Å². The fourth-order valence-electron chi connectivity index (χ4n) is 1.64. The van der Waals surface area contributed by atoms with Crippen LogP contribution in [-0.2, 0) is 0 Å². The third-order valence-corrected chi connectivity index (χ3v) is 3.23. The minimum atomic E-state index is 0.722. The Hall–Kier alpha value is -1.81. The van der Waals surface area contributed by atoms with Gasteiger partial charge < -0.3 is 9.47 Å². The van der Waals surface area contributed by atoms with Crippen molar-refractivity contribution in [2.45, 2.75) is 0 Å². The van der Waals surface area contributed by atoms with E-state index >= 15 is 0 Å². The summed E-state index contributed by atoms with van der Waals surface area (Å²) in [7, 11) is 3.25. The van der Waals surface area contributed by atoms with Crippen LogP contribution in [0.1, 0.15) is 5.56 Å². The van der Waals surface area contributed by atoms with Gasteiger partial charge in [0.2, 0.25) is 0 Å². The topological polar surface area (TPSA) is 30.8 Å². The Morgan fingerprint density at radius 2 is 1.68 bits per heavy atom. The van der Waals surface area contributed by atoms with Gasteiger partial charge in [-0.15, -0.1) is 0 Å². The third-order valence-electron chi connectivity index (χ3n) is 2.61. The summed E-state index contributed by atoms with van der Waals surface area (Å²) < 4.78 is 11.4. The molecule has 0 spiro atoms. The molecular formula is C15H14BrNO2. The smallest absolute Gasteiger partial charge is 0.136 e. The van der Waals surface area contributed by atoms with Gasteiger partial charge in [0, 0.05) is 17.8 Å². The van der Waals surface area contributed by atoms with Crippen molar-refractivity contribution in [1.82, 2.24) is 0 Å². The van der Waals surface area contributed by atoms with Gasteiger partial charge in [0.25, 0.3) is 0 Å². The number of nitrogens with zero attached hydrogens (tertiary/aromatic N) is 1. The Bertz CT molecular complexity index is 582. The molecule has 2 aromatic rings. The van der Waals surface area contributed by atoms with Gasteiger partial charge in [-0.25, -0.2) is 0 Å². The fourth-order valence-corrected chi connectivity index (χ4v) is 2.17. The Kier molecular flexibility index (Phi) is 4.58. The maximum atomic E-state index is 5.34. The molecule has 0 aliphatic rings. The van der Waals surface area contributed by atoms with Crippen molar-refractivity contribution in [2.24, 2.45) is 4.99 Å². The van der Waals surface area contributed by atoms with Gasteiger partial charge in [-0.05, 0) is 34.1 Å². The average molecular weight is 320 g/mol. The maximum Gasteiger partial charge on any atom is 0.136 e. The first kappa shape index (κ1) is 13.6. The highest BCUT2D eigenvalue weighted by atomic mass is 79.9. The van der Waals surface area contributed by atoms with E-state index in [0.717, 1.165) is 27.2 Å². The average Bonchev–Trinajstić information content (AvgIpc) is 2.46. The van der Waals surface area contributed by atoms with Gasteiger partial charge in [-0.1, -0.05) is 18.2 Å². The number of benzene rings is 2. The van der Waals surface area contributed by atoms with Crippen molar-refractivity contribution in [1.29, 1.82) is 0 Å². The Labute approximate surface area is 121 Å². The summed E-state index contributed by atoms with van der Waals surface area (Å²) >= 11 is 3.45. The van der Waals surface area contributed by atoms with Gasteiger partial charge in [0.05, 0.1) is 24.4 Å². The summed E-state index contributed by atoms with van der Waals surface area (Å²) in [5.74, 6) is 1.45.